The Morgan fingerprint density at radius 3 is 2.16 bits per heavy atom. The third kappa shape index (κ3) is 4.42. The van der Waals surface area contributed by atoms with E-state index in [1.807, 2.05) is 29.2 Å². The monoisotopic (exact) mass is 344 g/mol. The molecule has 1 aromatic carbocycles. The van der Waals surface area contributed by atoms with E-state index in [9.17, 15) is 9.59 Å². The molecule has 25 heavy (non-hydrogen) atoms. The van der Waals surface area contributed by atoms with Gasteiger partial charge in [0.1, 0.15) is 5.41 Å². The minimum absolute atomic E-state index is 0.0786. The first-order valence-corrected chi connectivity index (χ1v) is 9.24. The number of hydrogen-bond donors (Lipinski definition) is 1. The normalized spacial score (nSPS) is 16.6. The van der Waals surface area contributed by atoms with E-state index in [1.165, 1.54) is 0 Å². The summed E-state index contributed by atoms with van der Waals surface area (Å²) in [7, 11) is 0. The topological polar surface area (TPSA) is 49.4 Å². The van der Waals surface area contributed by atoms with Gasteiger partial charge in [0.2, 0.25) is 11.8 Å². The van der Waals surface area contributed by atoms with Gasteiger partial charge >= 0.3 is 0 Å². The molecule has 0 saturated carbocycles. The zero-order valence-electron chi connectivity index (χ0n) is 16.5. The Balaban J connectivity index is 2.16. The lowest BCUT2D eigenvalue weighted by Gasteiger charge is -2.35. The van der Waals surface area contributed by atoms with E-state index >= 15 is 0 Å². The Morgan fingerprint density at radius 2 is 1.60 bits per heavy atom. The van der Waals surface area contributed by atoms with E-state index in [4.69, 9.17) is 0 Å². The molecule has 1 heterocycles. The molecule has 4 nitrogen and oxygen atoms in total. The maximum atomic E-state index is 12.9. The fourth-order valence-corrected chi connectivity index (χ4v) is 3.23. The third-order valence-corrected chi connectivity index (χ3v) is 5.16. The number of likely N-dealkylation sites (tertiary alicyclic amines) is 1. The Bertz CT molecular complexity index is 636. The lowest BCUT2D eigenvalue weighted by atomic mass is 9.84. The Hall–Kier alpha value is -1.84. The van der Waals surface area contributed by atoms with Crippen LogP contribution in [-0.4, -0.2) is 29.8 Å². The van der Waals surface area contributed by atoms with Crippen LogP contribution in [0, 0.1) is 11.3 Å². The predicted molar refractivity (Wildman–Crippen MR) is 103 cm³/mol. The fraction of sp³-hybridized carbons (Fsp3) is 0.619. The van der Waals surface area contributed by atoms with Gasteiger partial charge in [-0.3, -0.25) is 9.59 Å². The molecule has 0 spiro atoms. The quantitative estimate of drug-likeness (QED) is 0.835. The summed E-state index contributed by atoms with van der Waals surface area (Å²) in [6.07, 6.45) is 2.02. The lowest BCUT2D eigenvalue weighted by Crippen LogP contribution is -2.49. The van der Waals surface area contributed by atoms with Gasteiger partial charge < -0.3 is 10.2 Å². The van der Waals surface area contributed by atoms with Crippen molar-refractivity contribution in [1.82, 2.24) is 4.90 Å². The number of anilines is 1. The fourth-order valence-electron chi connectivity index (χ4n) is 3.23. The van der Waals surface area contributed by atoms with E-state index in [0.717, 1.165) is 37.2 Å². The average Bonchev–Trinajstić information content (AvgIpc) is 2.54. The second-order valence-corrected chi connectivity index (χ2v) is 8.85. The maximum absolute atomic E-state index is 12.9. The minimum Gasteiger partial charge on any atom is -0.342 e. The van der Waals surface area contributed by atoms with Gasteiger partial charge in [-0.05, 0) is 49.7 Å². The minimum atomic E-state index is -1.08. The highest BCUT2D eigenvalue weighted by molar-refractivity contribution is 6.10. The van der Waals surface area contributed by atoms with Gasteiger partial charge in [0.05, 0.1) is 0 Å². The first kappa shape index (κ1) is 19.5. The summed E-state index contributed by atoms with van der Waals surface area (Å²) in [6, 6.07) is 7.81. The molecule has 1 fully saturated rings. The maximum Gasteiger partial charge on any atom is 0.239 e. The van der Waals surface area contributed by atoms with Crippen LogP contribution in [0.1, 0.15) is 59.9 Å². The summed E-state index contributed by atoms with van der Waals surface area (Å²) in [5, 5.41) is 3.00. The third-order valence-electron chi connectivity index (χ3n) is 5.16. The van der Waals surface area contributed by atoms with Crippen molar-refractivity contribution in [3.8, 4) is 0 Å². The van der Waals surface area contributed by atoms with Gasteiger partial charge in [0, 0.05) is 18.8 Å². The van der Waals surface area contributed by atoms with Crippen molar-refractivity contribution in [3.63, 3.8) is 0 Å². The van der Waals surface area contributed by atoms with Crippen molar-refractivity contribution in [2.75, 3.05) is 18.4 Å². The lowest BCUT2D eigenvalue weighted by molar-refractivity contribution is -0.147. The molecule has 0 atom stereocenters. The van der Waals surface area contributed by atoms with Gasteiger partial charge in [0.25, 0.3) is 0 Å². The summed E-state index contributed by atoms with van der Waals surface area (Å²) in [5.41, 5.74) is 0.693. The van der Waals surface area contributed by atoms with Gasteiger partial charge in [-0.15, -0.1) is 0 Å². The highest BCUT2D eigenvalue weighted by Gasteiger charge is 2.40. The summed E-state index contributed by atoms with van der Waals surface area (Å²) < 4.78 is 0. The molecule has 4 heteroatoms. The van der Waals surface area contributed by atoms with E-state index in [0.29, 0.717) is 5.92 Å². The Labute approximate surface area is 152 Å². The molecule has 0 aromatic heterocycles. The molecule has 1 aliphatic rings. The number of hydrogen-bond acceptors (Lipinski definition) is 2. The number of nitrogens with one attached hydrogen (secondary N) is 1. The van der Waals surface area contributed by atoms with Crippen molar-refractivity contribution < 1.29 is 9.59 Å². The summed E-state index contributed by atoms with van der Waals surface area (Å²) >= 11 is 0. The molecular weight excluding hydrogens is 312 g/mol. The SMILES string of the molecule is CC1CCN(C(=O)C(C)(C)C(=O)Nc2ccccc2C(C)(C)C)CC1. The van der Waals surface area contributed by atoms with Crippen LogP contribution >= 0.6 is 0 Å². The molecule has 1 N–H and O–H groups in total. The van der Waals surface area contributed by atoms with Gasteiger partial charge in [-0.2, -0.15) is 0 Å². The summed E-state index contributed by atoms with van der Waals surface area (Å²) in [6.45, 7) is 13.5. The van der Waals surface area contributed by atoms with Crippen molar-refractivity contribution in [2.24, 2.45) is 11.3 Å². The van der Waals surface area contributed by atoms with E-state index in [1.54, 1.807) is 13.8 Å². The van der Waals surface area contributed by atoms with Gasteiger partial charge in [-0.25, -0.2) is 0 Å². The molecule has 0 aliphatic carbocycles. The molecule has 0 bridgehead atoms. The van der Waals surface area contributed by atoms with Crippen molar-refractivity contribution in [1.29, 1.82) is 0 Å². The van der Waals surface area contributed by atoms with E-state index < -0.39 is 5.41 Å². The Kier molecular flexibility index (Phi) is 5.60. The Morgan fingerprint density at radius 1 is 1.04 bits per heavy atom. The standard InChI is InChI=1S/C21H32N2O2/c1-15-11-13-23(14-12-15)19(25)21(5,6)18(24)22-17-10-8-7-9-16(17)20(2,3)4/h7-10,15H,11-14H2,1-6H3,(H,22,24). The summed E-state index contributed by atoms with van der Waals surface area (Å²) in [5.74, 6) is 0.331. The average molecular weight is 344 g/mol. The number of carbonyl (C=O) groups excluding carboxylic acids is 2. The number of benzene rings is 1. The number of rotatable bonds is 3. The van der Waals surface area contributed by atoms with Crippen LogP contribution < -0.4 is 5.32 Å². The smallest absolute Gasteiger partial charge is 0.239 e. The number of piperidine rings is 1. The molecule has 2 rings (SSSR count). The van der Waals surface area contributed by atoms with Crippen LogP contribution in [0.15, 0.2) is 24.3 Å². The van der Waals surface area contributed by atoms with Crippen LogP contribution in [0.3, 0.4) is 0 Å². The van der Waals surface area contributed by atoms with Crippen molar-refractivity contribution in [3.05, 3.63) is 29.8 Å². The second kappa shape index (κ2) is 7.19. The van der Waals surface area contributed by atoms with Crippen LogP contribution in [0.4, 0.5) is 5.69 Å². The van der Waals surface area contributed by atoms with E-state index in [2.05, 4.69) is 33.0 Å². The first-order chi connectivity index (χ1) is 11.5. The second-order valence-electron chi connectivity index (χ2n) is 8.85. The molecule has 2 amide bonds. The number of para-hydroxylation sites is 1. The first-order valence-electron chi connectivity index (χ1n) is 9.24. The van der Waals surface area contributed by atoms with Crippen LogP contribution in [0.25, 0.3) is 0 Å². The number of amides is 2. The molecule has 0 unspecified atom stereocenters. The highest BCUT2D eigenvalue weighted by atomic mass is 16.2. The number of nitrogens with zero attached hydrogens (tertiary/aromatic N) is 1. The van der Waals surface area contributed by atoms with Gasteiger partial charge in [0.15, 0.2) is 0 Å². The molecule has 0 radical (unpaired) electrons. The number of carbonyl (C=O) groups is 2. The zero-order chi connectivity index (χ0) is 18.8. The highest BCUT2D eigenvalue weighted by Crippen LogP contribution is 2.31. The molecular formula is C21H32N2O2. The molecule has 1 aliphatic heterocycles. The van der Waals surface area contributed by atoms with Crippen LogP contribution in [-0.2, 0) is 15.0 Å². The van der Waals surface area contributed by atoms with Crippen molar-refractivity contribution >= 4 is 17.5 Å². The zero-order valence-corrected chi connectivity index (χ0v) is 16.5. The molecule has 1 aromatic rings. The molecule has 1 saturated heterocycles. The predicted octanol–water partition coefficient (Wildman–Crippen LogP) is 4.21. The van der Waals surface area contributed by atoms with E-state index in [-0.39, 0.29) is 17.2 Å². The largest absolute Gasteiger partial charge is 0.342 e. The van der Waals surface area contributed by atoms with Gasteiger partial charge in [-0.1, -0.05) is 45.9 Å². The molecule has 138 valence electrons. The van der Waals surface area contributed by atoms with Crippen LogP contribution in [0.5, 0.6) is 0 Å². The summed E-state index contributed by atoms with van der Waals surface area (Å²) in [4.78, 5) is 27.7. The van der Waals surface area contributed by atoms with Crippen molar-refractivity contribution in [2.45, 2.75) is 59.8 Å². The van der Waals surface area contributed by atoms with Crippen LogP contribution in [0.2, 0.25) is 0 Å².